The van der Waals surface area contributed by atoms with Crippen LogP contribution in [0.3, 0.4) is 0 Å². The van der Waals surface area contributed by atoms with Gasteiger partial charge in [0.05, 0.1) is 11.6 Å². The van der Waals surface area contributed by atoms with Gasteiger partial charge in [-0.25, -0.2) is 4.79 Å². The highest BCUT2D eigenvalue weighted by atomic mass is 16.6. The summed E-state index contributed by atoms with van der Waals surface area (Å²) in [7, 11) is 0. The Morgan fingerprint density at radius 2 is 2.10 bits per heavy atom. The molecule has 0 radical (unpaired) electrons. The first-order valence-corrected chi connectivity index (χ1v) is 6.52. The highest BCUT2D eigenvalue weighted by Crippen LogP contribution is 2.09. The number of nitrogens with one attached hydrogen (secondary N) is 1. The molecular formula is C15H21N3O2. The molecule has 3 N–H and O–H groups in total. The summed E-state index contributed by atoms with van der Waals surface area (Å²) in [6.07, 6.45) is 0.0426. The predicted octanol–water partition coefficient (Wildman–Crippen LogP) is 1.95. The molecule has 0 heterocycles. The second-order valence-corrected chi connectivity index (χ2v) is 5.62. The zero-order valence-corrected chi connectivity index (χ0v) is 12.1. The van der Waals surface area contributed by atoms with Gasteiger partial charge in [0.2, 0.25) is 0 Å². The minimum atomic E-state index is -0.526. The SMILES string of the molecule is CC(C)(C)OC(=O)NCC(N)Cc1ccccc1C#N. The first-order chi connectivity index (χ1) is 9.31. The van der Waals surface area contributed by atoms with E-state index >= 15 is 0 Å². The molecule has 1 unspecified atom stereocenters. The van der Waals surface area contributed by atoms with Gasteiger partial charge >= 0.3 is 6.09 Å². The maximum Gasteiger partial charge on any atom is 0.407 e. The number of rotatable bonds is 4. The Morgan fingerprint density at radius 3 is 2.70 bits per heavy atom. The Morgan fingerprint density at radius 1 is 1.45 bits per heavy atom. The Bertz CT molecular complexity index is 501. The molecule has 1 aromatic carbocycles. The zero-order chi connectivity index (χ0) is 15.2. The van der Waals surface area contributed by atoms with Crippen molar-refractivity contribution in [3.05, 3.63) is 35.4 Å². The van der Waals surface area contributed by atoms with Crippen LogP contribution in [0.15, 0.2) is 24.3 Å². The molecule has 1 rings (SSSR count). The fraction of sp³-hybridized carbons (Fsp3) is 0.467. The van der Waals surface area contributed by atoms with E-state index < -0.39 is 11.7 Å². The molecule has 1 aromatic rings. The van der Waals surface area contributed by atoms with E-state index in [4.69, 9.17) is 15.7 Å². The van der Waals surface area contributed by atoms with Gasteiger partial charge in [0, 0.05) is 12.6 Å². The van der Waals surface area contributed by atoms with E-state index in [0.717, 1.165) is 5.56 Å². The summed E-state index contributed by atoms with van der Waals surface area (Å²) < 4.78 is 5.13. The lowest BCUT2D eigenvalue weighted by molar-refractivity contribution is 0.0524. The van der Waals surface area contributed by atoms with Gasteiger partial charge in [0.1, 0.15) is 5.60 Å². The third-order valence-corrected chi connectivity index (χ3v) is 2.53. The minimum absolute atomic E-state index is 0.267. The molecule has 1 amide bonds. The summed E-state index contributed by atoms with van der Waals surface area (Å²) in [6.45, 7) is 5.70. The maximum atomic E-state index is 11.5. The summed E-state index contributed by atoms with van der Waals surface area (Å²) >= 11 is 0. The van der Waals surface area contributed by atoms with Crippen molar-refractivity contribution in [3.8, 4) is 6.07 Å². The number of benzene rings is 1. The van der Waals surface area contributed by atoms with Crippen LogP contribution in [0.4, 0.5) is 4.79 Å². The first kappa shape index (κ1) is 16.0. The van der Waals surface area contributed by atoms with Crippen LogP contribution in [-0.2, 0) is 11.2 Å². The van der Waals surface area contributed by atoms with Gasteiger partial charge in [-0.2, -0.15) is 5.26 Å². The van der Waals surface area contributed by atoms with Gasteiger partial charge in [-0.1, -0.05) is 18.2 Å². The van der Waals surface area contributed by atoms with E-state index in [-0.39, 0.29) is 6.04 Å². The summed E-state index contributed by atoms with van der Waals surface area (Å²) in [5, 5.41) is 11.6. The average molecular weight is 275 g/mol. The molecule has 0 aliphatic rings. The number of hydrogen-bond acceptors (Lipinski definition) is 4. The number of alkyl carbamates (subject to hydrolysis) is 1. The van der Waals surface area contributed by atoms with Crippen molar-refractivity contribution in [1.29, 1.82) is 5.26 Å². The highest BCUT2D eigenvalue weighted by molar-refractivity contribution is 5.67. The van der Waals surface area contributed by atoms with Crippen LogP contribution < -0.4 is 11.1 Å². The van der Waals surface area contributed by atoms with Gasteiger partial charge < -0.3 is 15.8 Å². The number of nitrogens with zero attached hydrogens (tertiary/aromatic N) is 1. The van der Waals surface area contributed by atoms with E-state index in [2.05, 4.69) is 11.4 Å². The van der Waals surface area contributed by atoms with Crippen molar-refractivity contribution >= 4 is 6.09 Å². The van der Waals surface area contributed by atoms with Gasteiger partial charge in [0.25, 0.3) is 0 Å². The van der Waals surface area contributed by atoms with Gasteiger partial charge in [-0.3, -0.25) is 0 Å². The highest BCUT2D eigenvalue weighted by Gasteiger charge is 2.16. The third-order valence-electron chi connectivity index (χ3n) is 2.53. The number of carbonyl (C=O) groups excluding carboxylic acids is 1. The molecular weight excluding hydrogens is 254 g/mol. The van der Waals surface area contributed by atoms with Crippen molar-refractivity contribution in [1.82, 2.24) is 5.32 Å². The fourth-order valence-corrected chi connectivity index (χ4v) is 1.69. The van der Waals surface area contributed by atoms with Gasteiger partial charge in [-0.15, -0.1) is 0 Å². The average Bonchev–Trinajstić information content (AvgIpc) is 2.35. The zero-order valence-electron chi connectivity index (χ0n) is 12.1. The fourth-order valence-electron chi connectivity index (χ4n) is 1.69. The van der Waals surface area contributed by atoms with Crippen molar-refractivity contribution in [3.63, 3.8) is 0 Å². The topological polar surface area (TPSA) is 88.1 Å². The van der Waals surface area contributed by atoms with Gasteiger partial charge in [0.15, 0.2) is 0 Å². The standard InChI is InChI=1S/C15H21N3O2/c1-15(2,3)20-14(19)18-10-13(17)8-11-6-4-5-7-12(11)9-16/h4-7,13H,8,10,17H2,1-3H3,(H,18,19). The lowest BCUT2D eigenvalue weighted by Crippen LogP contribution is -2.41. The van der Waals surface area contributed by atoms with Crippen LogP contribution in [0.5, 0.6) is 0 Å². The molecule has 5 heteroatoms. The number of nitriles is 1. The molecule has 5 nitrogen and oxygen atoms in total. The number of carbonyl (C=O) groups is 1. The third kappa shape index (κ3) is 5.72. The normalized spacial score (nSPS) is 12.3. The lowest BCUT2D eigenvalue weighted by atomic mass is 10.0. The van der Waals surface area contributed by atoms with Crippen molar-refractivity contribution < 1.29 is 9.53 Å². The molecule has 1 atom stereocenters. The van der Waals surface area contributed by atoms with Crippen molar-refractivity contribution in [2.75, 3.05) is 6.54 Å². The maximum absolute atomic E-state index is 11.5. The molecule has 0 spiro atoms. The molecule has 0 aromatic heterocycles. The second-order valence-electron chi connectivity index (χ2n) is 5.62. The molecule has 0 saturated carbocycles. The predicted molar refractivity (Wildman–Crippen MR) is 77.1 cm³/mol. The first-order valence-electron chi connectivity index (χ1n) is 6.52. The summed E-state index contributed by atoms with van der Waals surface area (Å²) in [5.41, 5.74) is 6.93. The number of ether oxygens (including phenoxy) is 1. The van der Waals surface area contributed by atoms with E-state index in [1.54, 1.807) is 26.8 Å². The minimum Gasteiger partial charge on any atom is -0.444 e. The van der Waals surface area contributed by atoms with Crippen LogP contribution >= 0.6 is 0 Å². The molecule has 0 aliphatic heterocycles. The molecule has 20 heavy (non-hydrogen) atoms. The Hall–Kier alpha value is -2.06. The van der Waals surface area contributed by atoms with Crippen LogP contribution in [0.25, 0.3) is 0 Å². The van der Waals surface area contributed by atoms with Crippen molar-refractivity contribution in [2.24, 2.45) is 5.73 Å². The molecule has 0 fully saturated rings. The van der Waals surface area contributed by atoms with Crippen LogP contribution in [0, 0.1) is 11.3 Å². The van der Waals surface area contributed by atoms with Crippen LogP contribution in [0.1, 0.15) is 31.9 Å². The molecule has 0 bridgehead atoms. The van der Waals surface area contributed by atoms with Crippen molar-refractivity contribution in [2.45, 2.75) is 38.8 Å². The van der Waals surface area contributed by atoms with Crippen LogP contribution in [-0.4, -0.2) is 24.3 Å². The monoisotopic (exact) mass is 275 g/mol. The van der Waals surface area contributed by atoms with Gasteiger partial charge in [-0.05, 0) is 38.8 Å². The molecule has 108 valence electrons. The smallest absolute Gasteiger partial charge is 0.407 e. The summed E-state index contributed by atoms with van der Waals surface area (Å²) in [6, 6.07) is 9.16. The van der Waals surface area contributed by atoms with E-state index in [0.29, 0.717) is 18.5 Å². The summed E-state index contributed by atoms with van der Waals surface area (Å²) in [5.74, 6) is 0. The quantitative estimate of drug-likeness (QED) is 0.879. The Labute approximate surface area is 119 Å². The molecule has 0 aliphatic carbocycles. The lowest BCUT2D eigenvalue weighted by Gasteiger charge is -2.21. The number of amides is 1. The summed E-state index contributed by atoms with van der Waals surface area (Å²) in [4.78, 5) is 11.5. The second kappa shape index (κ2) is 6.92. The van der Waals surface area contributed by atoms with E-state index in [1.165, 1.54) is 0 Å². The Kier molecular flexibility index (Phi) is 5.53. The number of hydrogen-bond donors (Lipinski definition) is 2. The van der Waals surface area contributed by atoms with E-state index in [9.17, 15) is 4.79 Å². The van der Waals surface area contributed by atoms with Crippen LogP contribution in [0.2, 0.25) is 0 Å². The Balaban J connectivity index is 2.47. The number of nitrogens with two attached hydrogens (primary N) is 1. The largest absolute Gasteiger partial charge is 0.444 e. The van der Waals surface area contributed by atoms with E-state index in [1.807, 2.05) is 18.2 Å². The molecule has 0 saturated heterocycles.